The molecular formula is C18H22F2N2O4. The van der Waals surface area contributed by atoms with Crippen molar-refractivity contribution in [2.24, 2.45) is 5.92 Å². The van der Waals surface area contributed by atoms with Crippen LogP contribution < -0.4 is 0 Å². The fourth-order valence-corrected chi connectivity index (χ4v) is 2.86. The first-order chi connectivity index (χ1) is 12.1. The second kappa shape index (κ2) is 7.39. The van der Waals surface area contributed by atoms with Crippen LogP contribution in [-0.2, 0) is 9.59 Å². The van der Waals surface area contributed by atoms with Crippen molar-refractivity contribution in [3.05, 3.63) is 35.4 Å². The zero-order valence-electron chi connectivity index (χ0n) is 15.0. The molecule has 1 aliphatic rings. The number of likely N-dealkylation sites (tertiary alicyclic amines) is 1. The number of rotatable bonds is 4. The van der Waals surface area contributed by atoms with E-state index >= 15 is 0 Å². The van der Waals surface area contributed by atoms with Gasteiger partial charge in [0.05, 0.1) is 5.56 Å². The number of halogens is 2. The van der Waals surface area contributed by atoms with Crippen LogP contribution in [0.15, 0.2) is 18.2 Å². The monoisotopic (exact) mass is 368 g/mol. The minimum absolute atomic E-state index is 0.208. The molecule has 1 saturated heterocycles. The molecule has 0 spiro atoms. The summed E-state index contributed by atoms with van der Waals surface area (Å²) >= 11 is 0. The molecule has 0 radical (unpaired) electrons. The average Bonchev–Trinajstić information content (AvgIpc) is 2.60. The minimum Gasteiger partial charge on any atom is -0.480 e. The lowest BCUT2D eigenvalue weighted by atomic mass is 9.92. The van der Waals surface area contributed by atoms with Gasteiger partial charge in [0.1, 0.15) is 17.2 Å². The van der Waals surface area contributed by atoms with Crippen LogP contribution in [0.1, 0.15) is 37.0 Å². The summed E-state index contributed by atoms with van der Waals surface area (Å²) in [4.78, 5) is 38.8. The van der Waals surface area contributed by atoms with Gasteiger partial charge in [-0.1, -0.05) is 0 Å². The normalized spacial score (nSPS) is 15.7. The topological polar surface area (TPSA) is 77.9 Å². The predicted molar refractivity (Wildman–Crippen MR) is 89.5 cm³/mol. The Hall–Kier alpha value is -2.51. The number of carboxylic acids is 1. The predicted octanol–water partition coefficient (Wildman–Crippen LogP) is 2.14. The highest BCUT2D eigenvalue weighted by molar-refractivity contribution is 5.94. The molecular weight excluding hydrogens is 346 g/mol. The summed E-state index contributed by atoms with van der Waals surface area (Å²) in [6.45, 7) is 3.38. The first-order valence-corrected chi connectivity index (χ1v) is 8.31. The van der Waals surface area contributed by atoms with Gasteiger partial charge in [0, 0.05) is 32.1 Å². The van der Waals surface area contributed by atoms with E-state index in [1.165, 1.54) is 30.7 Å². The first kappa shape index (κ1) is 19.8. The molecule has 6 nitrogen and oxygen atoms in total. The fourth-order valence-electron chi connectivity index (χ4n) is 2.86. The largest absolute Gasteiger partial charge is 0.480 e. The van der Waals surface area contributed by atoms with Crippen LogP contribution in [0, 0.1) is 17.6 Å². The number of aliphatic carboxylic acids is 1. The summed E-state index contributed by atoms with van der Waals surface area (Å²) in [5, 5.41) is 9.24. The quantitative estimate of drug-likeness (QED) is 0.883. The lowest BCUT2D eigenvalue weighted by Gasteiger charge is -2.37. The number of piperidine rings is 1. The van der Waals surface area contributed by atoms with Gasteiger partial charge >= 0.3 is 5.97 Å². The molecule has 8 heteroatoms. The summed E-state index contributed by atoms with van der Waals surface area (Å²) in [7, 11) is 1.45. The van der Waals surface area contributed by atoms with E-state index in [1.807, 2.05) is 0 Å². The lowest BCUT2D eigenvalue weighted by molar-refractivity contribution is -0.157. The summed E-state index contributed by atoms with van der Waals surface area (Å²) in [5.41, 5.74) is -1.54. The minimum atomic E-state index is -1.33. The molecule has 0 saturated carbocycles. The maximum absolute atomic E-state index is 13.8. The van der Waals surface area contributed by atoms with E-state index in [1.54, 1.807) is 0 Å². The molecule has 2 amide bonds. The summed E-state index contributed by atoms with van der Waals surface area (Å²) < 4.78 is 26.7. The number of carbonyl (C=O) groups is 3. The third-order valence-corrected chi connectivity index (χ3v) is 4.99. The van der Waals surface area contributed by atoms with E-state index in [2.05, 4.69) is 0 Å². The molecule has 2 rings (SSSR count). The van der Waals surface area contributed by atoms with Crippen molar-refractivity contribution in [2.45, 2.75) is 32.2 Å². The molecule has 142 valence electrons. The Morgan fingerprint density at radius 1 is 1.19 bits per heavy atom. The Balaban J connectivity index is 2.01. The highest BCUT2D eigenvalue weighted by atomic mass is 19.1. The Morgan fingerprint density at radius 2 is 1.77 bits per heavy atom. The SMILES string of the molecule is CN(C(=O)C1CCN(C(=O)c2ccc(F)cc2F)CC1)C(C)(C)C(=O)O. The van der Waals surface area contributed by atoms with Crippen molar-refractivity contribution >= 4 is 17.8 Å². The van der Waals surface area contributed by atoms with Crippen LogP contribution in [0.2, 0.25) is 0 Å². The number of carbonyl (C=O) groups excluding carboxylic acids is 2. The third kappa shape index (κ3) is 3.84. The Bertz CT molecular complexity index is 728. The molecule has 0 atom stereocenters. The number of hydrogen-bond acceptors (Lipinski definition) is 3. The lowest BCUT2D eigenvalue weighted by Crippen LogP contribution is -2.54. The number of hydrogen-bond donors (Lipinski definition) is 1. The van der Waals surface area contributed by atoms with Crippen LogP contribution in [-0.4, -0.2) is 58.4 Å². The van der Waals surface area contributed by atoms with Crippen molar-refractivity contribution < 1.29 is 28.3 Å². The van der Waals surface area contributed by atoms with Gasteiger partial charge < -0.3 is 14.9 Å². The fraction of sp³-hybridized carbons (Fsp3) is 0.500. The number of amides is 2. The van der Waals surface area contributed by atoms with Crippen LogP contribution in [0.3, 0.4) is 0 Å². The Kier molecular flexibility index (Phi) is 5.63. The van der Waals surface area contributed by atoms with Gasteiger partial charge in [-0.3, -0.25) is 9.59 Å². The van der Waals surface area contributed by atoms with Crippen molar-refractivity contribution in [3.8, 4) is 0 Å². The van der Waals surface area contributed by atoms with Gasteiger partial charge in [-0.25, -0.2) is 13.6 Å². The van der Waals surface area contributed by atoms with Gasteiger partial charge in [-0.2, -0.15) is 0 Å². The van der Waals surface area contributed by atoms with Crippen molar-refractivity contribution in [2.75, 3.05) is 20.1 Å². The van der Waals surface area contributed by atoms with Gasteiger partial charge in [-0.15, -0.1) is 0 Å². The summed E-state index contributed by atoms with van der Waals surface area (Å²) in [5.74, 6) is -4.03. The molecule has 0 aromatic heterocycles. The van der Waals surface area contributed by atoms with E-state index in [0.29, 0.717) is 18.9 Å². The Labute approximate surface area is 150 Å². The molecule has 1 heterocycles. The standard InChI is InChI=1S/C18H22F2N2O4/c1-18(2,17(25)26)21(3)15(23)11-6-8-22(9-7-11)16(24)13-5-4-12(19)10-14(13)20/h4-5,10-11H,6-9H2,1-3H3,(H,25,26). The summed E-state index contributed by atoms with van der Waals surface area (Å²) in [6.07, 6.45) is 0.709. The van der Waals surface area contributed by atoms with Crippen LogP contribution in [0.25, 0.3) is 0 Å². The second-order valence-corrected chi connectivity index (χ2v) is 6.95. The molecule has 0 bridgehead atoms. The molecule has 1 aliphatic heterocycles. The van der Waals surface area contributed by atoms with Gasteiger partial charge in [0.25, 0.3) is 5.91 Å². The number of likely N-dealkylation sites (N-methyl/N-ethyl adjacent to an activating group) is 1. The molecule has 0 unspecified atom stereocenters. The van der Waals surface area contributed by atoms with E-state index in [0.717, 1.165) is 12.1 Å². The smallest absolute Gasteiger partial charge is 0.329 e. The number of nitrogens with zero attached hydrogens (tertiary/aromatic N) is 2. The Morgan fingerprint density at radius 3 is 2.27 bits per heavy atom. The van der Waals surface area contributed by atoms with Crippen molar-refractivity contribution in [1.29, 1.82) is 0 Å². The van der Waals surface area contributed by atoms with Gasteiger partial charge in [0.15, 0.2) is 0 Å². The van der Waals surface area contributed by atoms with Crippen LogP contribution >= 0.6 is 0 Å². The van der Waals surface area contributed by atoms with Crippen molar-refractivity contribution in [3.63, 3.8) is 0 Å². The zero-order chi connectivity index (χ0) is 19.6. The average molecular weight is 368 g/mol. The van der Waals surface area contributed by atoms with E-state index < -0.39 is 35.0 Å². The third-order valence-electron chi connectivity index (χ3n) is 4.99. The van der Waals surface area contributed by atoms with Gasteiger partial charge in [0.2, 0.25) is 5.91 Å². The molecule has 1 N–H and O–H groups in total. The van der Waals surface area contributed by atoms with E-state index in [-0.39, 0.29) is 24.6 Å². The van der Waals surface area contributed by atoms with Crippen molar-refractivity contribution in [1.82, 2.24) is 9.80 Å². The molecule has 0 aliphatic carbocycles. The molecule has 1 aromatic rings. The summed E-state index contributed by atoms with van der Waals surface area (Å²) in [6, 6.07) is 2.79. The zero-order valence-corrected chi connectivity index (χ0v) is 15.0. The molecule has 1 fully saturated rings. The van der Waals surface area contributed by atoms with Gasteiger partial charge in [-0.05, 0) is 38.8 Å². The number of benzene rings is 1. The second-order valence-electron chi connectivity index (χ2n) is 6.95. The highest BCUT2D eigenvalue weighted by Gasteiger charge is 2.39. The number of carboxylic acid groups (broad SMARTS) is 1. The van der Waals surface area contributed by atoms with E-state index in [4.69, 9.17) is 0 Å². The maximum atomic E-state index is 13.8. The van der Waals surface area contributed by atoms with Crippen LogP contribution in [0.4, 0.5) is 8.78 Å². The molecule has 26 heavy (non-hydrogen) atoms. The first-order valence-electron chi connectivity index (χ1n) is 8.31. The van der Waals surface area contributed by atoms with E-state index in [9.17, 15) is 28.3 Å². The highest BCUT2D eigenvalue weighted by Crippen LogP contribution is 2.25. The maximum Gasteiger partial charge on any atom is 0.329 e. The molecule has 1 aromatic carbocycles. The van der Waals surface area contributed by atoms with Crippen LogP contribution in [0.5, 0.6) is 0 Å².